The summed E-state index contributed by atoms with van der Waals surface area (Å²) in [6.45, 7) is 5.44. The lowest BCUT2D eigenvalue weighted by molar-refractivity contribution is 0.382. The van der Waals surface area contributed by atoms with Crippen LogP contribution in [0.5, 0.6) is 11.5 Å². The maximum atomic E-state index is 5.46. The van der Waals surface area contributed by atoms with E-state index in [-0.39, 0.29) is 0 Å². The Morgan fingerprint density at radius 2 is 1.94 bits per heavy atom. The quantitative estimate of drug-likeness (QED) is 0.717. The molecule has 1 unspecified atom stereocenters. The Morgan fingerprint density at radius 1 is 1.17 bits per heavy atom. The van der Waals surface area contributed by atoms with Crippen LogP contribution in [-0.2, 0) is 0 Å². The largest absolute Gasteiger partial charge is 0.497 e. The van der Waals surface area contributed by atoms with E-state index < -0.39 is 0 Å². The van der Waals surface area contributed by atoms with Crippen molar-refractivity contribution >= 4 is 0 Å². The molecule has 1 rings (SSSR count). The fraction of sp³-hybridized carbons (Fsp3) is 0.600. The van der Waals surface area contributed by atoms with E-state index >= 15 is 0 Å². The summed E-state index contributed by atoms with van der Waals surface area (Å²) in [5.74, 6) is 1.73. The van der Waals surface area contributed by atoms with Gasteiger partial charge >= 0.3 is 0 Å². The van der Waals surface area contributed by atoms with Crippen molar-refractivity contribution in [1.29, 1.82) is 0 Å². The van der Waals surface area contributed by atoms with Crippen molar-refractivity contribution in [2.24, 2.45) is 0 Å². The van der Waals surface area contributed by atoms with E-state index in [9.17, 15) is 0 Å². The predicted molar refractivity (Wildman–Crippen MR) is 75.5 cm³/mol. The van der Waals surface area contributed by atoms with Gasteiger partial charge in [-0.1, -0.05) is 26.3 Å². The van der Waals surface area contributed by atoms with Crippen LogP contribution in [0.4, 0.5) is 0 Å². The van der Waals surface area contributed by atoms with E-state index in [1.807, 2.05) is 12.1 Å². The Bertz CT molecular complexity index is 352. The first-order valence-corrected chi connectivity index (χ1v) is 6.72. The molecule has 0 saturated carbocycles. The second kappa shape index (κ2) is 7.98. The molecule has 0 aliphatic heterocycles. The van der Waals surface area contributed by atoms with Crippen molar-refractivity contribution in [3.05, 3.63) is 23.8 Å². The molecule has 0 aliphatic carbocycles. The Hall–Kier alpha value is -1.22. The zero-order chi connectivity index (χ0) is 13.4. The van der Waals surface area contributed by atoms with Gasteiger partial charge in [-0.2, -0.15) is 0 Å². The maximum Gasteiger partial charge on any atom is 0.127 e. The molecule has 102 valence electrons. The van der Waals surface area contributed by atoms with Crippen molar-refractivity contribution in [2.75, 3.05) is 20.8 Å². The van der Waals surface area contributed by atoms with Crippen LogP contribution in [0.3, 0.4) is 0 Å². The third kappa shape index (κ3) is 3.91. The van der Waals surface area contributed by atoms with E-state index in [1.165, 1.54) is 18.4 Å². The zero-order valence-electron chi connectivity index (χ0n) is 12.0. The van der Waals surface area contributed by atoms with Crippen LogP contribution >= 0.6 is 0 Å². The number of hydrogen-bond acceptors (Lipinski definition) is 3. The monoisotopic (exact) mass is 251 g/mol. The second-order valence-electron chi connectivity index (χ2n) is 4.38. The maximum absolute atomic E-state index is 5.46. The number of methoxy groups -OCH3 is 2. The van der Waals surface area contributed by atoms with E-state index in [0.29, 0.717) is 6.04 Å². The van der Waals surface area contributed by atoms with Crippen LogP contribution in [0, 0.1) is 0 Å². The van der Waals surface area contributed by atoms with Gasteiger partial charge in [0.1, 0.15) is 11.5 Å². The number of nitrogens with one attached hydrogen (secondary N) is 1. The Balaban J connectivity index is 2.83. The van der Waals surface area contributed by atoms with Crippen molar-refractivity contribution in [3.8, 4) is 11.5 Å². The molecule has 0 aliphatic rings. The smallest absolute Gasteiger partial charge is 0.127 e. The topological polar surface area (TPSA) is 30.5 Å². The van der Waals surface area contributed by atoms with Gasteiger partial charge in [0.05, 0.1) is 14.2 Å². The highest BCUT2D eigenvalue weighted by Crippen LogP contribution is 2.30. The van der Waals surface area contributed by atoms with Crippen LogP contribution < -0.4 is 14.8 Å². The van der Waals surface area contributed by atoms with Gasteiger partial charge in [-0.15, -0.1) is 0 Å². The third-order valence-electron chi connectivity index (χ3n) is 3.15. The van der Waals surface area contributed by atoms with Crippen molar-refractivity contribution < 1.29 is 9.47 Å². The highest BCUT2D eigenvalue weighted by atomic mass is 16.5. The summed E-state index contributed by atoms with van der Waals surface area (Å²) in [5.41, 5.74) is 1.21. The fourth-order valence-corrected chi connectivity index (χ4v) is 2.03. The number of ether oxygens (including phenoxy) is 2. The Morgan fingerprint density at radius 3 is 2.50 bits per heavy atom. The van der Waals surface area contributed by atoms with Crippen molar-refractivity contribution in [2.45, 2.75) is 39.2 Å². The minimum atomic E-state index is 0.345. The van der Waals surface area contributed by atoms with E-state index in [4.69, 9.17) is 9.47 Å². The summed E-state index contributed by atoms with van der Waals surface area (Å²) in [4.78, 5) is 0. The number of unbranched alkanes of at least 4 members (excludes halogenated alkanes) is 1. The number of rotatable bonds is 8. The summed E-state index contributed by atoms with van der Waals surface area (Å²) in [6, 6.07) is 6.36. The fourth-order valence-electron chi connectivity index (χ4n) is 2.03. The molecule has 0 saturated heterocycles. The molecule has 1 aromatic carbocycles. The first kappa shape index (κ1) is 14.8. The van der Waals surface area contributed by atoms with Crippen molar-refractivity contribution in [3.63, 3.8) is 0 Å². The van der Waals surface area contributed by atoms with Gasteiger partial charge in [0, 0.05) is 17.7 Å². The molecule has 18 heavy (non-hydrogen) atoms. The van der Waals surface area contributed by atoms with E-state index in [2.05, 4.69) is 25.2 Å². The number of hydrogen-bond donors (Lipinski definition) is 1. The van der Waals surface area contributed by atoms with Gasteiger partial charge in [-0.3, -0.25) is 0 Å². The number of benzene rings is 1. The third-order valence-corrected chi connectivity index (χ3v) is 3.15. The van der Waals surface area contributed by atoms with Crippen molar-refractivity contribution in [1.82, 2.24) is 5.32 Å². The molecule has 0 spiro atoms. The van der Waals surface area contributed by atoms with Crippen LogP contribution in [0.2, 0.25) is 0 Å². The normalized spacial score (nSPS) is 12.2. The lowest BCUT2D eigenvalue weighted by atomic mass is 10.0. The van der Waals surface area contributed by atoms with E-state index in [0.717, 1.165) is 24.5 Å². The molecule has 0 heterocycles. The van der Waals surface area contributed by atoms with Gasteiger partial charge in [0.25, 0.3) is 0 Å². The molecule has 1 N–H and O–H groups in total. The summed E-state index contributed by atoms with van der Waals surface area (Å²) < 4.78 is 10.7. The highest BCUT2D eigenvalue weighted by Gasteiger charge is 2.14. The minimum Gasteiger partial charge on any atom is -0.497 e. The predicted octanol–water partition coefficient (Wildman–Crippen LogP) is 3.54. The minimum absolute atomic E-state index is 0.345. The molecule has 0 radical (unpaired) electrons. The average Bonchev–Trinajstić information content (AvgIpc) is 2.43. The molecule has 0 aromatic heterocycles. The molecule has 3 nitrogen and oxygen atoms in total. The first-order chi connectivity index (χ1) is 8.76. The van der Waals surface area contributed by atoms with Gasteiger partial charge in [-0.25, -0.2) is 0 Å². The van der Waals surface area contributed by atoms with Gasteiger partial charge in [0.15, 0.2) is 0 Å². The van der Waals surface area contributed by atoms with Crippen LogP contribution in [-0.4, -0.2) is 20.8 Å². The molecular formula is C15H25NO2. The van der Waals surface area contributed by atoms with Crippen LogP contribution in [0.1, 0.15) is 44.7 Å². The zero-order valence-corrected chi connectivity index (χ0v) is 12.0. The lowest BCUT2D eigenvalue weighted by Gasteiger charge is -2.20. The molecule has 0 bridgehead atoms. The highest BCUT2D eigenvalue weighted by molar-refractivity contribution is 5.42. The SMILES string of the molecule is CCCCNC(CC)c1ccc(OC)cc1OC. The van der Waals surface area contributed by atoms with Gasteiger partial charge in [0.2, 0.25) is 0 Å². The summed E-state index contributed by atoms with van der Waals surface area (Å²) in [7, 11) is 3.38. The summed E-state index contributed by atoms with van der Waals surface area (Å²) in [6.07, 6.45) is 3.46. The lowest BCUT2D eigenvalue weighted by Crippen LogP contribution is -2.22. The molecular weight excluding hydrogens is 226 g/mol. The molecule has 0 amide bonds. The van der Waals surface area contributed by atoms with Gasteiger partial charge in [-0.05, 0) is 25.5 Å². The molecule has 1 atom stereocenters. The first-order valence-electron chi connectivity index (χ1n) is 6.72. The standard InChI is InChI=1S/C15H25NO2/c1-5-7-10-16-14(6-2)13-9-8-12(17-3)11-15(13)18-4/h8-9,11,14,16H,5-7,10H2,1-4H3. The van der Waals surface area contributed by atoms with Crippen LogP contribution in [0.25, 0.3) is 0 Å². The van der Waals surface area contributed by atoms with Crippen LogP contribution in [0.15, 0.2) is 18.2 Å². The summed E-state index contributed by atoms with van der Waals surface area (Å²) >= 11 is 0. The summed E-state index contributed by atoms with van der Waals surface area (Å²) in [5, 5.41) is 3.58. The second-order valence-corrected chi connectivity index (χ2v) is 4.38. The molecule has 1 aromatic rings. The molecule has 0 fully saturated rings. The Labute approximate surface area is 110 Å². The Kier molecular flexibility index (Phi) is 6.58. The average molecular weight is 251 g/mol. The van der Waals surface area contributed by atoms with Gasteiger partial charge < -0.3 is 14.8 Å². The van der Waals surface area contributed by atoms with E-state index in [1.54, 1.807) is 14.2 Å². The molecule has 3 heteroatoms.